The smallest absolute Gasteiger partial charge is 0.195 e. The molecule has 0 aromatic heterocycles. The molecule has 6 nitrogen and oxygen atoms in total. The highest BCUT2D eigenvalue weighted by Gasteiger charge is 2.33. The number of hydrogen-bond acceptors (Lipinski definition) is 4. The maximum absolute atomic E-state index is 5.54. The van der Waals surface area contributed by atoms with Gasteiger partial charge in [-0.15, -0.1) is 0 Å². The standard InChI is InChI=1S/C17H27N3O3/c1-5-18-16(19-10-17(3)11-22-12-17)20-13-7-8-14(23-6-2)15(9-13)21-4/h7-9H,5-6,10-12H2,1-4H3,(H2,18,19,20). The molecule has 0 saturated carbocycles. The van der Waals surface area contributed by atoms with Gasteiger partial charge in [0.15, 0.2) is 17.5 Å². The number of ether oxygens (including phenoxy) is 3. The van der Waals surface area contributed by atoms with Crippen molar-refractivity contribution >= 4 is 11.6 Å². The molecule has 0 amide bonds. The highest BCUT2D eigenvalue weighted by molar-refractivity contribution is 5.93. The van der Waals surface area contributed by atoms with Gasteiger partial charge in [0.25, 0.3) is 0 Å². The first-order chi connectivity index (χ1) is 11.1. The van der Waals surface area contributed by atoms with Crippen molar-refractivity contribution in [2.24, 2.45) is 10.4 Å². The molecule has 1 aliphatic rings. The second-order valence-corrected chi connectivity index (χ2v) is 5.92. The average molecular weight is 321 g/mol. The first kappa shape index (κ1) is 17.4. The lowest BCUT2D eigenvalue weighted by Gasteiger charge is -2.36. The van der Waals surface area contributed by atoms with E-state index in [0.29, 0.717) is 12.4 Å². The zero-order valence-corrected chi connectivity index (χ0v) is 14.4. The Kier molecular flexibility index (Phi) is 6.10. The van der Waals surface area contributed by atoms with E-state index in [-0.39, 0.29) is 5.41 Å². The molecule has 0 unspecified atom stereocenters. The molecule has 1 aromatic carbocycles. The predicted molar refractivity (Wildman–Crippen MR) is 92.7 cm³/mol. The summed E-state index contributed by atoms with van der Waals surface area (Å²) in [5.74, 6) is 2.19. The third kappa shape index (κ3) is 4.76. The summed E-state index contributed by atoms with van der Waals surface area (Å²) >= 11 is 0. The van der Waals surface area contributed by atoms with E-state index in [4.69, 9.17) is 14.2 Å². The van der Waals surface area contributed by atoms with Crippen molar-refractivity contribution in [1.82, 2.24) is 5.32 Å². The van der Waals surface area contributed by atoms with Gasteiger partial charge in [0.1, 0.15) is 0 Å². The SMILES string of the molecule is CCNC(=NCC1(C)COC1)Nc1ccc(OCC)c(OC)c1. The van der Waals surface area contributed by atoms with E-state index in [2.05, 4.69) is 22.5 Å². The van der Waals surface area contributed by atoms with Crippen LogP contribution in [0.15, 0.2) is 23.2 Å². The van der Waals surface area contributed by atoms with Gasteiger partial charge in [0, 0.05) is 23.7 Å². The van der Waals surface area contributed by atoms with Gasteiger partial charge in [0.2, 0.25) is 0 Å². The van der Waals surface area contributed by atoms with Crippen LogP contribution in [0.25, 0.3) is 0 Å². The zero-order valence-electron chi connectivity index (χ0n) is 14.4. The van der Waals surface area contributed by atoms with Crippen molar-refractivity contribution < 1.29 is 14.2 Å². The van der Waals surface area contributed by atoms with Crippen LogP contribution in [-0.2, 0) is 4.74 Å². The van der Waals surface area contributed by atoms with E-state index in [9.17, 15) is 0 Å². The van der Waals surface area contributed by atoms with Crippen LogP contribution in [0.4, 0.5) is 5.69 Å². The van der Waals surface area contributed by atoms with Crippen LogP contribution < -0.4 is 20.1 Å². The van der Waals surface area contributed by atoms with Crippen molar-refractivity contribution in [3.05, 3.63) is 18.2 Å². The van der Waals surface area contributed by atoms with Gasteiger partial charge in [0.05, 0.1) is 33.5 Å². The second kappa shape index (κ2) is 8.06. The van der Waals surface area contributed by atoms with Crippen molar-refractivity contribution in [3.63, 3.8) is 0 Å². The maximum atomic E-state index is 5.54. The monoisotopic (exact) mass is 321 g/mol. The van der Waals surface area contributed by atoms with E-state index in [1.165, 1.54) is 0 Å². The quantitative estimate of drug-likeness (QED) is 0.597. The predicted octanol–water partition coefficient (Wildman–Crippen LogP) is 2.51. The molecular formula is C17H27N3O3. The molecule has 2 rings (SSSR count). The summed E-state index contributed by atoms with van der Waals surface area (Å²) in [5.41, 5.74) is 1.05. The summed E-state index contributed by atoms with van der Waals surface area (Å²) in [7, 11) is 1.64. The van der Waals surface area contributed by atoms with Gasteiger partial charge < -0.3 is 24.8 Å². The highest BCUT2D eigenvalue weighted by Crippen LogP contribution is 2.30. The van der Waals surface area contributed by atoms with Gasteiger partial charge in [-0.3, -0.25) is 4.99 Å². The van der Waals surface area contributed by atoms with Crippen LogP contribution in [-0.4, -0.2) is 46.0 Å². The summed E-state index contributed by atoms with van der Waals surface area (Å²) < 4.78 is 16.2. The number of nitrogens with zero attached hydrogens (tertiary/aromatic N) is 1. The van der Waals surface area contributed by atoms with Gasteiger partial charge in [-0.2, -0.15) is 0 Å². The van der Waals surface area contributed by atoms with Gasteiger partial charge in [-0.05, 0) is 26.0 Å². The Bertz CT molecular complexity index is 542. The molecule has 1 aliphatic heterocycles. The summed E-state index contributed by atoms with van der Waals surface area (Å²) in [6.07, 6.45) is 0. The average Bonchev–Trinajstić information content (AvgIpc) is 2.52. The Morgan fingerprint density at radius 2 is 2.09 bits per heavy atom. The molecule has 128 valence electrons. The number of methoxy groups -OCH3 is 1. The fraction of sp³-hybridized carbons (Fsp3) is 0.588. The van der Waals surface area contributed by atoms with E-state index < -0.39 is 0 Å². The van der Waals surface area contributed by atoms with Gasteiger partial charge in [-0.25, -0.2) is 0 Å². The molecular weight excluding hydrogens is 294 g/mol. The minimum Gasteiger partial charge on any atom is -0.493 e. The number of aliphatic imine (C=N–C) groups is 1. The maximum Gasteiger partial charge on any atom is 0.195 e. The lowest BCUT2D eigenvalue weighted by atomic mass is 9.89. The first-order valence-electron chi connectivity index (χ1n) is 8.04. The fourth-order valence-electron chi connectivity index (χ4n) is 2.28. The number of rotatable bonds is 7. The molecule has 1 fully saturated rings. The van der Waals surface area contributed by atoms with Crippen LogP contribution in [0.2, 0.25) is 0 Å². The van der Waals surface area contributed by atoms with Crippen molar-refractivity contribution in [3.8, 4) is 11.5 Å². The lowest BCUT2D eigenvalue weighted by molar-refractivity contribution is -0.0945. The Hall–Kier alpha value is -1.95. The zero-order chi connectivity index (χ0) is 16.7. The molecule has 1 saturated heterocycles. The molecule has 1 heterocycles. The van der Waals surface area contributed by atoms with E-state index in [0.717, 1.165) is 43.7 Å². The van der Waals surface area contributed by atoms with Gasteiger partial charge >= 0.3 is 0 Å². The molecule has 0 radical (unpaired) electrons. The number of nitrogens with one attached hydrogen (secondary N) is 2. The van der Waals surface area contributed by atoms with Crippen LogP contribution in [0.3, 0.4) is 0 Å². The molecule has 0 spiro atoms. The summed E-state index contributed by atoms with van der Waals surface area (Å²) in [6.45, 7) is 9.86. The molecule has 0 atom stereocenters. The Labute approximate surface area is 138 Å². The Morgan fingerprint density at radius 3 is 2.65 bits per heavy atom. The van der Waals surface area contributed by atoms with E-state index >= 15 is 0 Å². The topological polar surface area (TPSA) is 64.1 Å². The van der Waals surface area contributed by atoms with Crippen LogP contribution >= 0.6 is 0 Å². The molecule has 23 heavy (non-hydrogen) atoms. The number of anilines is 1. The third-order valence-corrected chi connectivity index (χ3v) is 3.59. The fourth-order valence-corrected chi connectivity index (χ4v) is 2.28. The van der Waals surface area contributed by atoms with Gasteiger partial charge in [-0.1, -0.05) is 6.92 Å². The summed E-state index contributed by atoms with van der Waals surface area (Å²) in [4.78, 5) is 4.66. The van der Waals surface area contributed by atoms with Crippen LogP contribution in [0, 0.1) is 5.41 Å². The lowest BCUT2D eigenvalue weighted by Crippen LogP contribution is -2.43. The number of guanidine groups is 1. The summed E-state index contributed by atoms with van der Waals surface area (Å²) in [5, 5.41) is 6.56. The largest absolute Gasteiger partial charge is 0.493 e. The molecule has 0 aliphatic carbocycles. The Morgan fingerprint density at radius 1 is 1.30 bits per heavy atom. The number of benzene rings is 1. The summed E-state index contributed by atoms with van der Waals surface area (Å²) in [6, 6.07) is 5.76. The number of hydrogen-bond donors (Lipinski definition) is 2. The second-order valence-electron chi connectivity index (χ2n) is 5.92. The van der Waals surface area contributed by atoms with Crippen molar-refractivity contribution in [2.75, 3.05) is 45.3 Å². The molecule has 2 N–H and O–H groups in total. The molecule has 0 bridgehead atoms. The highest BCUT2D eigenvalue weighted by atomic mass is 16.5. The van der Waals surface area contributed by atoms with Crippen LogP contribution in [0.1, 0.15) is 20.8 Å². The normalized spacial score (nSPS) is 16.4. The van der Waals surface area contributed by atoms with Crippen molar-refractivity contribution in [1.29, 1.82) is 0 Å². The van der Waals surface area contributed by atoms with Crippen molar-refractivity contribution in [2.45, 2.75) is 20.8 Å². The minimum absolute atomic E-state index is 0.152. The van der Waals surface area contributed by atoms with Crippen LogP contribution in [0.5, 0.6) is 11.5 Å². The Balaban J connectivity index is 2.08. The van der Waals surface area contributed by atoms with E-state index in [1.54, 1.807) is 7.11 Å². The van der Waals surface area contributed by atoms with E-state index in [1.807, 2.05) is 32.0 Å². The molecule has 6 heteroatoms. The minimum atomic E-state index is 0.152. The third-order valence-electron chi connectivity index (χ3n) is 3.59. The molecule has 1 aromatic rings. The first-order valence-corrected chi connectivity index (χ1v) is 8.04.